The van der Waals surface area contributed by atoms with Gasteiger partial charge in [0.25, 0.3) is 0 Å². The Balaban J connectivity index is 1.04. The number of pyridine rings is 1. The summed E-state index contributed by atoms with van der Waals surface area (Å²) in [6.07, 6.45) is 13.1. The first kappa shape index (κ1) is 26.0. The molecule has 42 heavy (non-hydrogen) atoms. The van der Waals surface area contributed by atoms with Crippen LogP contribution in [0.25, 0.3) is 17.1 Å². The number of hydrogen-bond acceptors (Lipinski definition) is 8. The van der Waals surface area contributed by atoms with E-state index >= 15 is 0 Å². The van der Waals surface area contributed by atoms with Crippen LogP contribution in [0.15, 0.2) is 118 Å². The fourth-order valence-corrected chi connectivity index (χ4v) is 5.75. The summed E-state index contributed by atoms with van der Waals surface area (Å²) in [5.41, 5.74) is 7.57. The summed E-state index contributed by atoms with van der Waals surface area (Å²) >= 11 is 0. The molecule has 1 fully saturated rings. The Morgan fingerprint density at radius 3 is 2.52 bits per heavy atom. The van der Waals surface area contributed by atoms with Crippen molar-refractivity contribution in [1.82, 2.24) is 20.0 Å². The van der Waals surface area contributed by atoms with Crippen molar-refractivity contribution in [3.05, 3.63) is 126 Å². The van der Waals surface area contributed by atoms with Crippen molar-refractivity contribution in [3.63, 3.8) is 0 Å². The molecule has 4 aromatic rings. The first-order valence-corrected chi connectivity index (χ1v) is 14.3. The number of hydrogen-bond donors (Lipinski definition) is 0. The minimum atomic E-state index is 0.274. The highest BCUT2D eigenvalue weighted by Crippen LogP contribution is 2.35. The number of aldehydes is 1. The second-order valence-electron chi connectivity index (χ2n) is 10.8. The van der Waals surface area contributed by atoms with Gasteiger partial charge in [0.2, 0.25) is 11.7 Å². The summed E-state index contributed by atoms with van der Waals surface area (Å²) in [4.78, 5) is 23.0. The first-order valence-electron chi connectivity index (χ1n) is 14.3. The number of rotatable bonds is 7. The molecule has 0 N–H and O–H groups in total. The number of aromatic nitrogens is 3. The van der Waals surface area contributed by atoms with Gasteiger partial charge in [0, 0.05) is 47.1 Å². The third kappa shape index (κ3) is 5.24. The highest BCUT2D eigenvalue weighted by atomic mass is 16.5. The summed E-state index contributed by atoms with van der Waals surface area (Å²) < 4.78 is 5.62. The van der Waals surface area contributed by atoms with E-state index in [1.165, 1.54) is 5.56 Å². The molecule has 2 aromatic heterocycles. The molecule has 3 aliphatic rings. The number of likely N-dealkylation sites (tertiary alicyclic amines) is 1. The molecule has 4 heterocycles. The Labute approximate surface area is 244 Å². The number of allylic oxidation sites excluding steroid dienone is 5. The first-order chi connectivity index (χ1) is 20.7. The number of fused-ring (bicyclic) bond motifs is 1. The Bertz CT molecular complexity index is 1700. The van der Waals surface area contributed by atoms with E-state index < -0.39 is 0 Å². The summed E-state index contributed by atoms with van der Waals surface area (Å²) in [5, 5.41) is 11.1. The van der Waals surface area contributed by atoms with Crippen LogP contribution in [-0.2, 0) is 11.3 Å². The lowest BCUT2D eigenvalue weighted by Crippen LogP contribution is -2.32. The van der Waals surface area contributed by atoms with Crippen molar-refractivity contribution in [3.8, 4) is 11.4 Å². The SMILES string of the molecule is O=CC1=C2C=C(c3ccccc3)N(c3ccc(CN4CCC(c5nc(-c6cccnc6)no5)CC4)cc3)N=C2C=CC1. The standard InChI is InChI=1S/C34H30N6O2/c41-23-28-8-4-10-31-30(28)20-32(25-6-2-1-3-7-25)40(37-31)29-13-11-24(12-14-29)22-39-18-15-26(16-19-39)34-36-33(38-42-34)27-9-5-17-35-21-27/h1-7,9-14,17,20-21,23,26H,8,15-16,18-19,22H2. The Morgan fingerprint density at radius 2 is 1.76 bits per heavy atom. The van der Waals surface area contributed by atoms with Crippen LogP contribution in [0.1, 0.15) is 42.2 Å². The predicted molar refractivity (Wildman–Crippen MR) is 162 cm³/mol. The van der Waals surface area contributed by atoms with E-state index in [9.17, 15) is 4.79 Å². The maximum Gasteiger partial charge on any atom is 0.230 e. The summed E-state index contributed by atoms with van der Waals surface area (Å²) in [7, 11) is 0. The minimum absolute atomic E-state index is 0.274. The van der Waals surface area contributed by atoms with E-state index in [-0.39, 0.29) is 5.92 Å². The van der Waals surface area contributed by atoms with Crippen molar-refractivity contribution in [2.75, 3.05) is 18.1 Å². The van der Waals surface area contributed by atoms with Gasteiger partial charge in [-0.15, -0.1) is 0 Å². The van der Waals surface area contributed by atoms with E-state index in [1.807, 2.05) is 47.5 Å². The van der Waals surface area contributed by atoms with Crippen LogP contribution >= 0.6 is 0 Å². The number of anilines is 1. The van der Waals surface area contributed by atoms with Gasteiger partial charge in [-0.3, -0.25) is 14.7 Å². The number of piperidine rings is 1. The molecule has 1 aliphatic carbocycles. The molecule has 2 aromatic carbocycles. The van der Waals surface area contributed by atoms with Crippen LogP contribution in [0.3, 0.4) is 0 Å². The third-order valence-electron chi connectivity index (χ3n) is 8.05. The zero-order valence-electron chi connectivity index (χ0n) is 23.1. The molecule has 1 saturated heterocycles. The van der Waals surface area contributed by atoms with Gasteiger partial charge < -0.3 is 4.52 Å². The van der Waals surface area contributed by atoms with E-state index in [1.54, 1.807) is 12.4 Å². The predicted octanol–water partition coefficient (Wildman–Crippen LogP) is 6.18. The van der Waals surface area contributed by atoms with Gasteiger partial charge in [-0.1, -0.05) is 53.7 Å². The molecule has 0 unspecified atom stereocenters. The number of carbonyl (C=O) groups excluding carboxylic acids is 1. The molecule has 208 valence electrons. The number of hydrazone groups is 1. The van der Waals surface area contributed by atoms with E-state index in [0.29, 0.717) is 18.1 Å². The molecule has 2 aliphatic heterocycles. The lowest BCUT2D eigenvalue weighted by atomic mass is 9.93. The van der Waals surface area contributed by atoms with Crippen LogP contribution in [0.5, 0.6) is 0 Å². The van der Waals surface area contributed by atoms with Gasteiger partial charge in [0.05, 0.1) is 17.1 Å². The zero-order valence-corrected chi connectivity index (χ0v) is 23.1. The summed E-state index contributed by atoms with van der Waals surface area (Å²) in [6.45, 7) is 2.82. The Morgan fingerprint density at radius 1 is 0.952 bits per heavy atom. The molecule has 0 atom stereocenters. The molecule has 0 amide bonds. The largest absolute Gasteiger partial charge is 0.339 e. The number of carbonyl (C=O) groups is 1. The van der Waals surface area contributed by atoms with E-state index in [2.05, 4.69) is 62.5 Å². The smallest absolute Gasteiger partial charge is 0.230 e. The molecule has 0 spiro atoms. The highest BCUT2D eigenvalue weighted by molar-refractivity contribution is 6.17. The molecule has 8 nitrogen and oxygen atoms in total. The second kappa shape index (κ2) is 11.5. The molecule has 7 rings (SSSR count). The van der Waals surface area contributed by atoms with Crippen molar-refractivity contribution in [2.24, 2.45) is 5.10 Å². The molecule has 0 bridgehead atoms. The second-order valence-corrected chi connectivity index (χ2v) is 10.8. The van der Waals surface area contributed by atoms with Gasteiger partial charge in [-0.2, -0.15) is 10.1 Å². The molecule has 8 heteroatoms. The summed E-state index contributed by atoms with van der Waals surface area (Å²) in [5.74, 6) is 1.59. The Hall–Kier alpha value is -4.95. The average molecular weight is 555 g/mol. The Kier molecular flexibility index (Phi) is 7.12. The quantitative estimate of drug-likeness (QED) is 0.252. The average Bonchev–Trinajstić information content (AvgIpc) is 3.56. The van der Waals surface area contributed by atoms with Gasteiger partial charge >= 0.3 is 0 Å². The van der Waals surface area contributed by atoms with Crippen molar-refractivity contribution >= 4 is 23.4 Å². The fourth-order valence-electron chi connectivity index (χ4n) is 5.75. The maximum absolute atomic E-state index is 11.7. The van der Waals surface area contributed by atoms with Crippen LogP contribution in [0, 0.1) is 0 Å². The monoisotopic (exact) mass is 554 g/mol. The van der Waals surface area contributed by atoms with E-state index in [0.717, 1.165) is 78.1 Å². The minimum Gasteiger partial charge on any atom is -0.339 e. The normalized spacial score (nSPS) is 17.6. The van der Waals surface area contributed by atoms with Crippen LogP contribution in [0.2, 0.25) is 0 Å². The van der Waals surface area contributed by atoms with Crippen molar-refractivity contribution in [2.45, 2.75) is 31.7 Å². The molecule has 0 saturated carbocycles. The van der Waals surface area contributed by atoms with E-state index in [4.69, 9.17) is 9.62 Å². The third-order valence-corrected chi connectivity index (χ3v) is 8.05. The van der Waals surface area contributed by atoms with Gasteiger partial charge in [-0.05, 0) is 74.3 Å². The number of benzene rings is 2. The lowest BCUT2D eigenvalue weighted by molar-refractivity contribution is -0.105. The van der Waals surface area contributed by atoms with Crippen LogP contribution in [-0.4, -0.2) is 45.1 Å². The van der Waals surface area contributed by atoms with Crippen molar-refractivity contribution in [1.29, 1.82) is 0 Å². The van der Waals surface area contributed by atoms with Crippen LogP contribution in [0.4, 0.5) is 5.69 Å². The van der Waals surface area contributed by atoms with Gasteiger partial charge in [0.1, 0.15) is 6.29 Å². The molecular weight excluding hydrogens is 524 g/mol. The molecular formula is C34H30N6O2. The summed E-state index contributed by atoms with van der Waals surface area (Å²) in [6, 6.07) is 22.6. The van der Waals surface area contributed by atoms with Gasteiger partial charge in [0.15, 0.2) is 0 Å². The fraction of sp³-hybridized carbons (Fsp3) is 0.206. The number of nitrogens with zero attached hydrogens (tertiary/aromatic N) is 6. The lowest BCUT2D eigenvalue weighted by Gasteiger charge is -2.31. The van der Waals surface area contributed by atoms with Gasteiger partial charge in [-0.25, -0.2) is 5.01 Å². The van der Waals surface area contributed by atoms with Crippen molar-refractivity contribution < 1.29 is 9.32 Å². The molecule has 0 radical (unpaired) electrons. The maximum atomic E-state index is 11.7. The zero-order chi connectivity index (χ0) is 28.3. The highest BCUT2D eigenvalue weighted by Gasteiger charge is 2.27. The van der Waals surface area contributed by atoms with Crippen LogP contribution < -0.4 is 5.01 Å². The topological polar surface area (TPSA) is 87.7 Å².